The Bertz CT molecular complexity index is 519. The van der Waals surface area contributed by atoms with Crippen molar-refractivity contribution in [2.24, 2.45) is 17.8 Å². The third-order valence-electron chi connectivity index (χ3n) is 4.96. The zero-order chi connectivity index (χ0) is 13.0. The summed E-state index contributed by atoms with van der Waals surface area (Å²) in [6.45, 7) is 0. The minimum Gasteiger partial charge on any atom is -0.442 e. The molecular weight excluding hydrogens is 244 g/mol. The number of ether oxygens (including phenoxy) is 1. The van der Waals surface area contributed by atoms with Gasteiger partial charge in [0, 0.05) is 24.2 Å². The number of hydrogen-bond donors (Lipinski definition) is 0. The minimum atomic E-state index is -0.397. The molecule has 1 aromatic heterocycles. The van der Waals surface area contributed by atoms with Crippen LogP contribution in [0, 0.1) is 17.8 Å². The Morgan fingerprint density at radius 3 is 2.68 bits per heavy atom. The molecule has 100 valence electrons. The van der Waals surface area contributed by atoms with Crippen LogP contribution in [0.3, 0.4) is 0 Å². The number of Topliss-reactive ketones (excluding diaryl/α,β-unsaturated/α-hetero) is 1. The van der Waals surface area contributed by atoms with Gasteiger partial charge < -0.3 is 4.74 Å². The van der Waals surface area contributed by atoms with E-state index in [0.717, 1.165) is 32.1 Å². The summed E-state index contributed by atoms with van der Waals surface area (Å²) in [7, 11) is 0. The van der Waals surface area contributed by atoms with Crippen molar-refractivity contribution < 1.29 is 14.3 Å². The lowest BCUT2D eigenvalue weighted by Gasteiger charge is -2.54. The van der Waals surface area contributed by atoms with Crippen LogP contribution in [0.4, 0.5) is 4.79 Å². The van der Waals surface area contributed by atoms with E-state index in [4.69, 9.17) is 4.74 Å². The number of nitrogens with zero attached hydrogens (tertiary/aromatic N) is 2. The van der Waals surface area contributed by atoms with E-state index in [0.29, 0.717) is 11.7 Å². The average Bonchev–Trinajstić information content (AvgIpc) is 2.88. The summed E-state index contributed by atoms with van der Waals surface area (Å²) in [6, 6.07) is 0. The van der Waals surface area contributed by atoms with Gasteiger partial charge in [0.15, 0.2) is 0 Å². The Labute approximate surface area is 111 Å². The van der Waals surface area contributed by atoms with Gasteiger partial charge in [-0.25, -0.2) is 14.3 Å². The van der Waals surface area contributed by atoms with Crippen LogP contribution in [0.5, 0.6) is 0 Å². The van der Waals surface area contributed by atoms with E-state index >= 15 is 0 Å². The van der Waals surface area contributed by atoms with Gasteiger partial charge in [-0.15, -0.1) is 0 Å². The Morgan fingerprint density at radius 2 is 2.05 bits per heavy atom. The standard InChI is InChI=1S/C14H16N2O3/c17-12-10-3-9-4-11(12)7-14(5-9,6-10)19-13(18)16-2-1-15-8-16/h1-2,8-11H,3-7H2. The summed E-state index contributed by atoms with van der Waals surface area (Å²) < 4.78 is 7.14. The van der Waals surface area contributed by atoms with Crippen LogP contribution in [0.2, 0.25) is 0 Å². The maximum absolute atomic E-state index is 12.1. The SMILES string of the molecule is O=C1C2CC3CC1CC(OC(=O)n1ccnc1)(C3)C2. The Hall–Kier alpha value is -1.65. The number of imidazole rings is 1. The molecule has 0 radical (unpaired) electrons. The van der Waals surface area contributed by atoms with E-state index in [-0.39, 0.29) is 17.9 Å². The van der Waals surface area contributed by atoms with Crippen molar-refractivity contribution in [1.82, 2.24) is 9.55 Å². The molecule has 0 spiro atoms. The van der Waals surface area contributed by atoms with Gasteiger partial charge >= 0.3 is 6.09 Å². The topological polar surface area (TPSA) is 61.2 Å². The number of ketones is 1. The highest BCUT2D eigenvalue weighted by Gasteiger charge is 2.57. The second kappa shape index (κ2) is 3.68. The molecule has 0 saturated heterocycles. The fourth-order valence-electron chi connectivity index (χ4n) is 4.41. The van der Waals surface area contributed by atoms with Crippen molar-refractivity contribution in [2.45, 2.75) is 37.7 Å². The fourth-order valence-corrected chi connectivity index (χ4v) is 4.41. The molecule has 4 bridgehead atoms. The summed E-state index contributed by atoms with van der Waals surface area (Å²) in [5.41, 5.74) is -0.397. The van der Waals surface area contributed by atoms with Gasteiger partial charge in [-0.2, -0.15) is 0 Å². The molecule has 0 aromatic carbocycles. The van der Waals surface area contributed by atoms with Crippen LogP contribution in [0.25, 0.3) is 0 Å². The Morgan fingerprint density at radius 1 is 1.32 bits per heavy atom. The van der Waals surface area contributed by atoms with E-state index in [1.165, 1.54) is 10.9 Å². The quantitative estimate of drug-likeness (QED) is 0.775. The maximum Gasteiger partial charge on any atom is 0.419 e. The smallest absolute Gasteiger partial charge is 0.419 e. The first kappa shape index (κ1) is 11.2. The number of carbonyl (C=O) groups is 2. The first-order chi connectivity index (χ1) is 9.15. The van der Waals surface area contributed by atoms with E-state index in [9.17, 15) is 9.59 Å². The summed E-state index contributed by atoms with van der Waals surface area (Å²) in [6.07, 6.45) is 8.60. The summed E-state index contributed by atoms with van der Waals surface area (Å²) in [4.78, 5) is 28.0. The third-order valence-corrected chi connectivity index (χ3v) is 4.96. The van der Waals surface area contributed by atoms with Gasteiger partial charge in [0.2, 0.25) is 0 Å². The number of rotatable bonds is 1. The van der Waals surface area contributed by atoms with Crippen molar-refractivity contribution in [2.75, 3.05) is 0 Å². The predicted molar refractivity (Wildman–Crippen MR) is 65.4 cm³/mol. The van der Waals surface area contributed by atoms with Gasteiger partial charge in [0.1, 0.15) is 17.7 Å². The van der Waals surface area contributed by atoms with Crippen molar-refractivity contribution >= 4 is 11.9 Å². The number of hydrogen-bond acceptors (Lipinski definition) is 4. The molecule has 4 aliphatic rings. The second-order valence-electron chi connectivity index (χ2n) is 6.27. The monoisotopic (exact) mass is 260 g/mol. The molecule has 2 atom stereocenters. The van der Waals surface area contributed by atoms with Gasteiger partial charge in [0.25, 0.3) is 0 Å². The second-order valence-corrected chi connectivity index (χ2v) is 6.27. The highest BCUT2D eigenvalue weighted by molar-refractivity contribution is 5.86. The lowest BCUT2D eigenvalue weighted by atomic mass is 9.53. The first-order valence-electron chi connectivity index (χ1n) is 6.90. The van der Waals surface area contributed by atoms with Gasteiger partial charge in [0.05, 0.1) is 0 Å². The molecule has 0 N–H and O–H groups in total. The molecule has 5 nitrogen and oxygen atoms in total. The van der Waals surface area contributed by atoms with Gasteiger partial charge in [-0.1, -0.05) is 0 Å². The molecule has 4 saturated carbocycles. The Kier molecular flexibility index (Phi) is 2.17. The van der Waals surface area contributed by atoms with Crippen molar-refractivity contribution in [3.8, 4) is 0 Å². The maximum atomic E-state index is 12.1. The van der Waals surface area contributed by atoms with Gasteiger partial charge in [-0.05, 0) is 38.0 Å². The highest BCUT2D eigenvalue weighted by Crippen LogP contribution is 2.55. The molecule has 0 amide bonds. The van der Waals surface area contributed by atoms with E-state index in [1.807, 2.05) is 0 Å². The lowest BCUT2D eigenvalue weighted by Crippen LogP contribution is -2.57. The molecule has 4 fully saturated rings. The summed E-state index contributed by atoms with van der Waals surface area (Å²) in [5.74, 6) is 1.22. The average molecular weight is 260 g/mol. The molecular formula is C14H16N2O3. The van der Waals surface area contributed by atoms with E-state index < -0.39 is 5.60 Å². The zero-order valence-electron chi connectivity index (χ0n) is 10.6. The lowest BCUT2D eigenvalue weighted by molar-refractivity contribution is -0.161. The van der Waals surface area contributed by atoms with Crippen LogP contribution in [-0.4, -0.2) is 27.0 Å². The van der Waals surface area contributed by atoms with Crippen LogP contribution >= 0.6 is 0 Å². The van der Waals surface area contributed by atoms with E-state index in [2.05, 4.69) is 4.98 Å². The van der Waals surface area contributed by atoms with Crippen LogP contribution < -0.4 is 0 Å². The minimum absolute atomic E-state index is 0.127. The van der Waals surface area contributed by atoms with Gasteiger partial charge in [-0.3, -0.25) is 4.79 Å². The first-order valence-corrected chi connectivity index (χ1v) is 6.90. The zero-order valence-corrected chi connectivity index (χ0v) is 10.6. The van der Waals surface area contributed by atoms with E-state index in [1.54, 1.807) is 12.4 Å². The molecule has 1 heterocycles. The largest absolute Gasteiger partial charge is 0.442 e. The fraction of sp³-hybridized carbons (Fsp3) is 0.643. The Balaban J connectivity index is 1.58. The molecule has 19 heavy (non-hydrogen) atoms. The molecule has 2 unspecified atom stereocenters. The van der Waals surface area contributed by atoms with Crippen molar-refractivity contribution in [3.05, 3.63) is 18.7 Å². The molecule has 5 rings (SSSR count). The highest BCUT2D eigenvalue weighted by atomic mass is 16.6. The van der Waals surface area contributed by atoms with Crippen molar-refractivity contribution in [3.63, 3.8) is 0 Å². The van der Waals surface area contributed by atoms with Crippen molar-refractivity contribution in [1.29, 1.82) is 0 Å². The molecule has 5 heteroatoms. The van der Waals surface area contributed by atoms with Crippen LogP contribution in [-0.2, 0) is 9.53 Å². The predicted octanol–water partition coefficient (Wildman–Crippen LogP) is 2.02. The summed E-state index contributed by atoms with van der Waals surface area (Å²) >= 11 is 0. The van der Waals surface area contributed by atoms with Crippen LogP contribution in [0.15, 0.2) is 18.7 Å². The third kappa shape index (κ3) is 1.64. The molecule has 1 aromatic rings. The normalized spacial score (nSPS) is 39.6. The number of carbonyl (C=O) groups excluding carboxylic acids is 2. The number of aromatic nitrogens is 2. The molecule has 0 aliphatic heterocycles. The summed E-state index contributed by atoms with van der Waals surface area (Å²) in [5, 5.41) is 0. The molecule has 4 aliphatic carbocycles. The van der Waals surface area contributed by atoms with Crippen LogP contribution in [0.1, 0.15) is 32.1 Å².